The van der Waals surface area contributed by atoms with E-state index in [2.05, 4.69) is 20.8 Å². The minimum absolute atomic E-state index is 0.0516. The van der Waals surface area contributed by atoms with Crippen LogP contribution in [0, 0.1) is 18.7 Å². The van der Waals surface area contributed by atoms with E-state index in [0.717, 1.165) is 11.3 Å². The Balaban J connectivity index is 1.15. The van der Waals surface area contributed by atoms with Crippen LogP contribution >= 0.6 is 11.3 Å². The Kier molecular flexibility index (Phi) is 6.51. The van der Waals surface area contributed by atoms with Crippen molar-refractivity contribution in [1.82, 2.24) is 15.1 Å². The lowest BCUT2D eigenvalue weighted by atomic mass is 9.95. The minimum atomic E-state index is -0.492. The second kappa shape index (κ2) is 9.90. The number of aromatic nitrogens is 2. The van der Waals surface area contributed by atoms with Crippen LogP contribution in [0.15, 0.2) is 36.4 Å². The largest absolute Gasteiger partial charge is 0.454 e. The summed E-state index contributed by atoms with van der Waals surface area (Å²) in [5.41, 5.74) is 1.33. The summed E-state index contributed by atoms with van der Waals surface area (Å²) in [6, 6.07) is 9.55. The van der Waals surface area contributed by atoms with Gasteiger partial charge in [-0.15, -0.1) is 10.2 Å². The van der Waals surface area contributed by atoms with Crippen molar-refractivity contribution >= 4 is 40.4 Å². The van der Waals surface area contributed by atoms with Crippen LogP contribution in [0.2, 0.25) is 0 Å². The van der Waals surface area contributed by atoms with Crippen molar-refractivity contribution in [1.29, 1.82) is 0 Å². The maximum absolute atomic E-state index is 13.7. The molecular weight excluding hydrogens is 489 g/mol. The van der Waals surface area contributed by atoms with Crippen LogP contribution in [0.3, 0.4) is 0 Å². The number of carbonyl (C=O) groups is 3. The quantitative estimate of drug-likeness (QED) is 0.538. The van der Waals surface area contributed by atoms with E-state index in [1.54, 1.807) is 42.2 Å². The second-order valence-electron chi connectivity index (χ2n) is 8.40. The highest BCUT2D eigenvalue weighted by atomic mass is 32.1. The Morgan fingerprint density at radius 2 is 1.78 bits per heavy atom. The first-order valence-electron chi connectivity index (χ1n) is 11.3. The van der Waals surface area contributed by atoms with Gasteiger partial charge in [0.15, 0.2) is 11.5 Å². The zero-order valence-electron chi connectivity index (χ0n) is 19.2. The number of hydrogen-bond acceptors (Lipinski definition) is 8. The summed E-state index contributed by atoms with van der Waals surface area (Å²) in [6.07, 6.45) is 0.921. The number of rotatable bonds is 5. The number of amides is 3. The molecule has 3 amide bonds. The number of piperidine rings is 1. The minimum Gasteiger partial charge on any atom is -0.454 e. The van der Waals surface area contributed by atoms with Crippen molar-refractivity contribution < 1.29 is 28.2 Å². The first-order chi connectivity index (χ1) is 17.4. The van der Waals surface area contributed by atoms with Crippen molar-refractivity contribution in [2.45, 2.75) is 19.8 Å². The van der Waals surface area contributed by atoms with Gasteiger partial charge in [-0.1, -0.05) is 17.4 Å². The Morgan fingerprint density at radius 1 is 1.03 bits per heavy atom. The molecule has 1 saturated heterocycles. The van der Waals surface area contributed by atoms with Gasteiger partial charge < -0.3 is 25.0 Å². The highest BCUT2D eigenvalue weighted by Gasteiger charge is 2.30. The molecule has 0 spiro atoms. The normalized spacial score (nSPS) is 15.0. The van der Waals surface area contributed by atoms with Crippen LogP contribution < -0.4 is 20.1 Å². The van der Waals surface area contributed by atoms with Crippen molar-refractivity contribution in [2.75, 3.05) is 30.5 Å². The number of fused-ring (bicyclic) bond motifs is 1. The van der Waals surface area contributed by atoms with Gasteiger partial charge in [0.2, 0.25) is 22.7 Å². The lowest BCUT2D eigenvalue weighted by Gasteiger charge is -2.30. The molecule has 0 aliphatic carbocycles. The zero-order chi connectivity index (χ0) is 25.2. The zero-order valence-corrected chi connectivity index (χ0v) is 20.1. The summed E-state index contributed by atoms with van der Waals surface area (Å²) < 4.78 is 24.3. The van der Waals surface area contributed by atoms with Gasteiger partial charge in [-0.25, -0.2) is 4.39 Å². The number of halogens is 1. The summed E-state index contributed by atoms with van der Waals surface area (Å²) in [5, 5.41) is 13.4. The molecule has 0 bridgehead atoms. The number of hydrogen-bond donors (Lipinski definition) is 2. The van der Waals surface area contributed by atoms with Crippen molar-refractivity contribution in [3.8, 4) is 11.5 Å². The Morgan fingerprint density at radius 3 is 2.58 bits per heavy atom. The number of anilines is 2. The van der Waals surface area contributed by atoms with E-state index < -0.39 is 5.91 Å². The molecule has 3 aromatic rings. The third kappa shape index (κ3) is 4.85. The Hall–Kier alpha value is -4.06. The fourth-order valence-corrected chi connectivity index (χ4v) is 4.72. The predicted molar refractivity (Wildman–Crippen MR) is 129 cm³/mol. The Bertz CT molecular complexity index is 1340. The number of carbonyl (C=O) groups excluding carboxylic acids is 3. The first kappa shape index (κ1) is 23.7. The number of nitrogens with one attached hydrogen (secondary N) is 2. The van der Waals surface area contributed by atoms with E-state index in [9.17, 15) is 18.8 Å². The maximum atomic E-state index is 13.7. The molecule has 2 N–H and O–H groups in total. The van der Waals surface area contributed by atoms with Crippen molar-refractivity contribution in [3.05, 3.63) is 57.8 Å². The lowest BCUT2D eigenvalue weighted by molar-refractivity contribution is -0.121. The van der Waals surface area contributed by atoms with E-state index in [-0.39, 0.29) is 40.4 Å². The molecule has 36 heavy (non-hydrogen) atoms. The smallest absolute Gasteiger partial charge is 0.286 e. The molecule has 2 aliphatic heterocycles. The molecule has 0 unspecified atom stereocenters. The molecule has 186 valence electrons. The molecule has 1 aromatic heterocycles. The van der Waals surface area contributed by atoms with Crippen LogP contribution in [0.1, 0.15) is 38.0 Å². The van der Waals surface area contributed by atoms with Gasteiger partial charge in [-0.2, -0.15) is 0 Å². The van der Waals surface area contributed by atoms with Gasteiger partial charge in [-0.3, -0.25) is 14.4 Å². The SMILES string of the molecule is Cc1c(F)cccc1NC(=O)C1CCN(C(=O)c2nnc(C(=O)Nc3ccc4c(c3)OCO4)s2)CC1. The summed E-state index contributed by atoms with van der Waals surface area (Å²) in [6.45, 7) is 2.45. The van der Waals surface area contributed by atoms with Gasteiger partial charge in [0.1, 0.15) is 5.82 Å². The van der Waals surface area contributed by atoms with E-state index in [0.29, 0.717) is 54.4 Å². The van der Waals surface area contributed by atoms with E-state index >= 15 is 0 Å². The van der Waals surface area contributed by atoms with Gasteiger partial charge in [0, 0.05) is 42.0 Å². The molecule has 0 saturated carbocycles. The second-order valence-corrected chi connectivity index (χ2v) is 9.38. The molecular formula is C24H22FN5O5S. The number of likely N-dealkylation sites (tertiary alicyclic amines) is 1. The first-order valence-corrected chi connectivity index (χ1v) is 12.1. The number of ether oxygens (including phenoxy) is 2. The molecule has 3 heterocycles. The average molecular weight is 512 g/mol. The highest BCUT2D eigenvalue weighted by molar-refractivity contribution is 7.15. The molecule has 0 atom stereocenters. The van der Waals surface area contributed by atoms with Gasteiger partial charge in [0.05, 0.1) is 0 Å². The number of nitrogens with zero attached hydrogens (tertiary/aromatic N) is 3. The summed E-state index contributed by atoms with van der Waals surface area (Å²) >= 11 is 0.903. The van der Waals surface area contributed by atoms with Gasteiger partial charge in [0.25, 0.3) is 11.8 Å². The monoisotopic (exact) mass is 511 g/mol. The van der Waals surface area contributed by atoms with Crippen LogP contribution in [0.25, 0.3) is 0 Å². The van der Waals surface area contributed by atoms with Gasteiger partial charge >= 0.3 is 0 Å². The van der Waals surface area contributed by atoms with Crippen molar-refractivity contribution in [2.24, 2.45) is 5.92 Å². The highest BCUT2D eigenvalue weighted by Crippen LogP contribution is 2.34. The third-order valence-electron chi connectivity index (χ3n) is 6.11. The molecule has 5 rings (SSSR count). The summed E-state index contributed by atoms with van der Waals surface area (Å²) in [5.74, 6) is -0.577. The molecule has 0 radical (unpaired) electrons. The van der Waals surface area contributed by atoms with E-state index in [1.807, 2.05) is 0 Å². The topological polar surface area (TPSA) is 123 Å². The molecule has 2 aliphatic rings. The number of benzene rings is 2. The van der Waals surface area contributed by atoms with Gasteiger partial charge in [-0.05, 0) is 44.0 Å². The van der Waals surface area contributed by atoms with Crippen LogP contribution in [0.5, 0.6) is 11.5 Å². The maximum Gasteiger partial charge on any atom is 0.286 e. The van der Waals surface area contributed by atoms with Crippen LogP contribution in [-0.2, 0) is 4.79 Å². The fraction of sp³-hybridized carbons (Fsp3) is 0.292. The predicted octanol–water partition coefficient (Wildman–Crippen LogP) is 3.46. The Labute approximate surface area is 209 Å². The van der Waals surface area contributed by atoms with E-state index in [4.69, 9.17) is 9.47 Å². The van der Waals surface area contributed by atoms with E-state index in [1.165, 1.54) is 6.07 Å². The van der Waals surface area contributed by atoms with Crippen LogP contribution in [-0.4, -0.2) is 52.7 Å². The molecule has 12 heteroatoms. The average Bonchev–Trinajstić information content (AvgIpc) is 3.56. The van der Waals surface area contributed by atoms with Crippen molar-refractivity contribution in [3.63, 3.8) is 0 Å². The standard InChI is InChI=1S/C24H22FN5O5S/c1-13-16(25)3-2-4-17(13)27-20(31)14-7-9-30(10-8-14)24(33)23-29-28-22(36-23)21(32)26-15-5-6-18-19(11-15)35-12-34-18/h2-6,11,14H,7-10,12H2,1H3,(H,26,32)(H,27,31). The molecule has 10 nitrogen and oxygen atoms in total. The molecule has 1 fully saturated rings. The fourth-order valence-electron chi connectivity index (χ4n) is 4.02. The van der Waals surface area contributed by atoms with Crippen LogP contribution in [0.4, 0.5) is 15.8 Å². The summed E-state index contributed by atoms with van der Waals surface area (Å²) in [7, 11) is 0. The third-order valence-corrected chi connectivity index (χ3v) is 7.02. The lowest BCUT2D eigenvalue weighted by Crippen LogP contribution is -2.41. The summed E-state index contributed by atoms with van der Waals surface area (Å²) in [4.78, 5) is 39.7. The molecule has 2 aromatic carbocycles.